The van der Waals surface area contributed by atoms with E-state index in [9.17, 15) is 4.79 Å². The lowest BCUT2D eigenvalue weighted by atomic mass is 10.1. The molecular weight excluding hydrogens is 354 g/mol. The molecule has 5 heteroatoms. The Kier molecular flexibility index (Phi) is 5.65. The van der Waals surface area contributed by atoms with Crippen molar-refractivity contribution in [3.05, 3.63) is 58.6 Å². The molecule has 3 nitrogen and oxygen atoms in total. The second-order valence-corrected chi connectivity index (χ2v) is 5.36. The fraction of sp³-hybridized carbons (Fsp3) is 0.188. The van der Waals surface area contributed by atoms with Gasteiger partial charge in [0.2, 0.25) is 0 Å². The summed E-state index contributed by atoms with van der Waals surface area (Å²) < 4.78 is 5.49. The Morgan fingerprint density at radius 3 is 2.57 bits per heavy atom. The molecule has 0 aliphatic rings. The highest BCUT2D eigenvalue weighted by molar-refractivity contribution is 9.08. The smallest absolute Gasteiger partial charge is 0.255 e. The van der Waals surface area contributed by atoms with E-state index in [0.29, 0.717) is 28.6 Å². The van der Waals surface area contributed by atoms with Crippen LogP contribution in [-0.2, 0) is 5.33 Å². The van der Waals surface area contributed by atoms with Crippen LogP contribution in [0.5, 0.6) is 5.75 Å². The molecule has 1 amide bonds. The van der Waals surface area contributed by atoms with Gasteiger partial charge in [-0.3, -0.25) is 4.79 Å². The summed E-state index contributed by atoms with van der Waals surface area (Å²) in [6, 6.07) is 12.5. The maximum Gasteiger partial charge on any atom is 0.255 e. The first-order chi connectivity index (χ1) is 10.1. The minimum absolute atomic E-state index is 0.195. The van der Waals surface area contributed by atoms with E-state index in [1.807, 2.05) is 19.1 Å². The zero-order chi connectivity index (χ0) is 15.2. The number of alkyl halides is 1. The lowest BCUT2D eigenvalue weighted by molar-refractivity contribution is 0.102. The number of anilines is 1. The molecule has 0 fully saturated rings. The van der Waals surface area contributed by atoms with E-state index < -0.39 is 0 Å². The normalized spacial score (nSPS) is 10.2. The van der Waals surface area contributed by atoms with E-state index in [1.165, 1.54) is 0 Å². The van der Waals surface area contributed by atoms with Gasteiger partial charge >= 0.3 is 0 Å². The molecule has 2 aromatic carbocycles. The van der Waals surface area contributed by atoms with Gasteiger partial charge in [-0.05, 0) is 42.8 Å². The minimum atomic E-state index is -0.195. The number of amides is 1. The lowest BCUT2D eigenvalue weighted by Crippen LogP contribution is -2.13. The minimum Gasteiger partial charge on any atom is -0.492 e. The molecule has 0 spiro atoms. The third-order valence-electron chi connectivity index (χ3n) is 2.86. The fourth-order valence-electron chi connectivity index (χ4n) is 1.82. The second-order valence-electron chi connectivity index (χ2n) is 4.36. The number of nitrogens with one attached hydrogen (secondary N) is 1. The van der Waals surface area contributed by atoms with Crippen molar-refractivity contribution in [1.82, 2.24) is 0 Å². The largest absolute Gasteiger partial charge is 0.492 e. The van der Waals surface area contributed by atoms with E-state index in [0.717, 1.165) is 10.9 Å². The maximum atomic E-state index is 12.3. The molecule has 0 atom stereocenters. The van der Waals surface area contributed by atoms with Crippen LogP contribution in [0, 0.1) is 0 Å². The third kappa shape index (κ3) is 4.22. The van der Waals surface area contributed by atoms with Crippen LogP contribution in [0.2, 0.25) is 5.02 Å². The average Bonchev–Trinajstić information content (AvgIpc) is 2.50. The van der Waals surface area contributed by atoms with Crippen LogP contribution in [-0.4, -0.2) is 12.5 Å². The summed E-state index contributed by atoms with van der Waals surface area (Å²) in [5, 5.41) is 4.14. The van der Waals surface area contributed by atoms with Gasteiger partial charge in [0.05, 0.1) is 12.3 Å². The summed E-state index contributed by atoms with van der Waals surface area (Å²) in [6.45, 7) is 2.41. The molecule has 0 aromatic heterocycles. The predicted molar refractivity (Wildman–Crippen MR) is 89.6 cm³/mol. The van der Waals surface area contributed by atoms with Gasteiger partial charge in [-0.25, -0.2) is 0 Å². The Hall–Kier alpha value is -1.52. The molecule has 0 heterocycles. The summed E-state index contributed by atoms with van der Waals surface area (Å²) >= 11 is 9.35. The molecule has 1 N–H and O–H groups in total. The first-order valence-corrected chi connectivity index (χ1v) is 8.02. The summed E-state index contributed by atoms with van der Waals surface area (Å²) in [5.74, 6) is 0.409. The van der Waals surface area contributed by atoms with E-state index >= 15 is 0 Å². The van der Waals surface area contributed by atoms with Crippen molar-refractivity contribution in [2.75, 3.05) is 11.9 Å². The van der Waals surface area contributed by atoms with E-state index in [1.54, 1.807) is 30.3 Å². The van der Waals surface area contributed by atoms with Gasteiger partial charge in [0.1, 0.15) is 5.75 Å². The van der Waals surface area contributed by atoms with E-state index in [4.69, 9.17) is 16.3 Å². The molecule has 21 heavy (non-hydrogen) atoms. The fourth-order valence-corrected chi connectivity index (χ4v) is 2.37. The Labute approximate surface area is 137 Å². The molecule has 0 aliphatic carbocycles. The molecule has 110 valence electrons. The van der Waals surface area contributed by atoms with Crippen LogP contribution in [0.3, 0.4) is 0 Å². The topological polar surface area (TPSA) is 38.3 Å². The number of hydrogen-bond acceptors (Lipinski definition) is 2. The van der Waals surface area contributed by atoms with E-state index in [-0.39, 0.29) is 5.91 Å². The van der Waals surface area contributed by atoms with Crippen molar-refractivity contribution >= 4 is 39.1 Å². The number of halogens is 2. The number of carbonyl (C=O) groups is 1. The van der Waals surface area contributed by atoms with Crippen molar-refractivity contribution in [3.63, 3.8) is 0 Å². The highest BCUT2D eigenvalue weighted by Crippen LogP contribution is 2.28. The Balaban J connectivity index is 2.19. The summed E-state index contributed by atoms with van der Waals surface area (Å²) in [7, 11) is 0. The van der Waals surface area contributed by atoms with E-state index in [2.05, 4.69) is 21.2 Å². The van der Waals surface area contributed by atoms with Gasteiger partial charge in [-0.1, -0.05) is 39.7 Å². The highest BCUT2D eigenvalue weighted by atomic mass is 79.9. The molecule has 0 unspecified atom stereocenters. The van der Waals surface area contributed by atoms with Crippen molar-refractivity contribution in [2.24, 2.45) is 0 Å². The molecule has 0 saturated carbocycles. The number of ether oxygens (including phenoxy) is 1. The summed E-state index contributed by atoms with van der Waals surface area (Å²) in [6.07, 6.45) is 0. The van der Waals surface area contributed by atoms with Gasteiger partial charge in [0, 0.05) is 15.9 Å². The van der Waals surface area contributed by atoms with Crippen LogP contribution in [0.25, 0.3) is 0 Å². The van der Waals surface area contributed by atoms with Crippen molar-refractivity contribution in [3.8, 4) is 5.75 Å². The summed E-state index contributed by atoms with van der Waals surface area (Å²) in [4.78, 5) is 12.3. The van der Waals surface area contributed by atoms with Gasteiger partial charge in [-0.2, -0.15) is 0 Å². The Bertz CT molecular complexity index is 629. The van der Waals surface area contributed by atoms with Gasteiger partial charge in [0.25, 0.3) is 5.91 Å². The molecule has 0 saturated heterocycles. The van der Waals surface area contributed by atoms with Crippen molar-refractivity contribution in [1.29, 1.82) is 0 Å². The quantitative estimate of drug-likeness (QED) is 0.763. The van der Waals surface area contributed by atoms with Crippen molar-refractivity contribution < 1.29 is 9.53 Å². The second kappa shape index (κ2) is 7.48. The van der Waals surface area contributed by atoms with Crippen LogP contribution in [0.15, 0.2) is 42.5 Å². The van der Waals surface area contributed by atoms with Crippen LogP contribution >= 0.6 is 27.5 Å². The van der Waals surface area contributed by atoms with Crippen LogP contribution in [0.4, 0.5) is 5.69 Å². The first-order valence-electron chi connectivity index (χ1n) is 6.52. The molecule has 2 rings (SSSR count). The summed E-state index contributed by atoms with van der Waals surface area (Å²) in [5.41, 5.74) is 2.27. The first kappa shape index (κ1) is 15.9. The Morgan fingerprint density at radius 2 is 1.95 bits per heavy atom. The third-order valence-corrected chi connectivity index (χ3v) is 3.74. The zero-order valence-electron chi connectivity index (χ0n) is 11.5. The molecular formula is C16H15BrClNO2. The monoisotopic (exact) mass is 367 g/mol. The molecule has 0 radical (unpaired) electrons. The SMILES string of the molecule is CCOc1ccc(Cl)cc1NC(=O)c1ccc(CBr)cc1. The average molecular weight is 369 g/mol. The molecule has 0 aliphatic heterocycles. The molecule has 0 bridgehead atoms. The van der Waals surface area contributed by atoms with Gasteiger partial charge < -0.3 is 10.1 Å². The number of hydrogen-bond donors (Lipinski definition) is 1. The molecule has 2 aromatic rings. The van der Waals surface area contributed by atoms with Crippen LogP contribution < -0.4 is 10.1 Å². The van der Waals surface area contributed by atoms with Crippen molar-refractivity contribution in [2.45, 2.75) is 12.3 Å². The maximum absolute atomic E-state index is 12.3. The Morgan fingerprint density at radius 1 is 1.24 bits per heavy atom. The lowest BCUT2D eigenvalue weighted by Gasteiger charge is -2.12. The highest BCUT2D eigenvalue weighted by Gasteiger charge is 2.10. The van der Waals surface area contributed by atoms with Gasteiger partial charge in [0.15, 0.2) is 0 Å². The standard InChI is InChI=1S/C16H15BrClNO2/c1-2-21-15-8-7-13(18)9-14(15)19-16(20)12-5-3-11(10-17)4-6-12/h3-9H,2,10H2,1H3,(H,19,20). The van der Waals surface area contributed by atoms with Crippen LogP contribution in [0.1, 0.15) is 22.8 Å². The predicted octanol–water partition coefficient (Wildman–Crippen LogP) is 4.89. The number of rotatable bonds is 5. The van der Waals surface area contributed by atoms with Gasteiger partial charge in [-0.15, -0.1) is 0 Å². The zero-order valence-corrected chi connectivity index (χ0v) is 13.9. The number of benzene rings is 2. The number of carbonyl (C=O) groups excluding carboxylic acids is 1.